The third-order valence-electron chi connectivity index (χ3n) is 8.26. The van der Waals surface area contributed by atoms with Crippen molar-refractivity contribution in [2.45, 2.75) is 42.3 Å². The molecule has 0 spiro atoms. The number of nitro groups is 1. The number of non-ortho nitro benzene ring substituents is 1. The van der Waals surface area contributed by atoms with E-state index in [9.17, 15) is 32.6 Å². The van der Waals surface area contributed by atoms with Crippen molar-refractivity contribution in [3.63, 3.8) is 0 Å². The highest BCUT2D eigenvalue weighted by Gasteiger charge is 2.42. The van der Waals surface area contributed by atoms with E-state index in [0.717, 1.165) is 59.6 Å². The van der Waals surface area contributed by atoms with Gasteiger partial charge in [-0.2, -0.15) is 0 Å². The molecule has 10 nitrogen and oxygen atoms in total. The minimum Gasteiger partial charge on any atom is -0.406 e. The molecule has 3 N–H and O–H groups in total. The zero-order chi connectivity index (χ0) is 32.6. The molecule has 14 heteroatoms. The molecule has 6 rings (SSSR count). The van der Waals surface area contributed by atoms with E-state index >= 15 is 0 Å². The normalized spacial score (nSPS) is 21.0. The van der Waals surface area contributed by atoms with Crippen molar-refractivity contribution in [3.8, 4) is 5.75 Å². The number of rotatable bonds is 7. The van der Waals surface area contributed by atoms with Gasteiger partial charge in [0.25, 0.3) is 5.69 Å². The van der Waals surface area contributed by atoms with Crippen LogP contribution in [0.25, 0.3) is 0 Å². The first kappa shape index (κ1) is 31.3. The van der Waals surface area contributed by atoms with Gasteiger partial charge in [-0.3, -0.25) is 10.1 Å². The first-order valence-corrected chi connectivity index (χ1v) is 16.0. The van der Waals surface area contributed by atoms with Crippen molar-refractivity contribution in [1.29, 1.82) is 4.78 Å². The lowest BCUT2D eigenvalue weighted by molar-refractivity contribution is -0.384. The van der Waals surface area contributed by atoms with Gasteiger partial charge in [0, 0.05) is 42.3 Å². The number of alkyl halides is 3. The highest BCUT2D eigenvalue weighted by molar-refractivity contribution is 7.90. The molecule has 2 heterocycles. The van der Waals surface area contributed by atoms with Crippen molar-refractivity contribution >= 4 is 32.7 Å². The number of anilines is 3. The Morgan fingerprint density at radius 3 is 2.00 bits per heavy atom. The molecule has 4 atom stereocenters. The van der Waals surface area contributed by atoms with Gasteiger partial charge in [0.1, 0.15) is 15.7 Å². The zero-order valence-electron chi connectivity index (χ0n) is 24.3. The van der Waals surface area contributed by atoms with E-state index in [-0.39, 0.29) is 23.7 Å². The van der Waals surface area contributed by atoms with Crippen LogP contribution < -0.4 is 19.3 Å². The Morgan fingerprint density at radius 1 is 0.891 bits per heavy atom. The van der Waals surface area contributed by atoms with E-state index in [1.807, 2.05) is 53.4 Å². The number of halogens is 3. The van der Waals surface area contributed by atoms with Crippen LogP contribution in [0.4, 0.5) is 35.9 Å². The molecule has 2 aliphatic rings. The molecule has 0 bridgehead atoms. The van der Waals surface area contributed by atoms with E-state index in [1.165, 1.54) is 12.1 Å². The Hall–Kier alpha value is -4.66. The number of nitrogens with zero attached hydrogens (tertiary/aromatic N) is 3. The van der Waals surface area contributed by atoms with Crippen molar-refractivity contribution in [1.82, 2.24) is 4.72 Å². The van der Waals surface area contributed by atoms with Gasteiger partial charge in [-0.25, -0.2) is 13.7 Å². The summed E-state index contributed by atoms with van der Waals surface area (Å²) in [7, 11) is -3.84. The molecule has 240 valence electrons. The smallest absolute Gasteiger partial charge is 0.406 e. The van der Waals surface area contributed by atoms with Gasteiger partial charge in [0.05, 0.1) is 28.0 Å². The number of piperidine rings is 1. The summed E-state index contributed by atoms with van der Waals surface area (Å²) in [6.07, 6.45) is -4.54. The first-order chi connectivity index (χ1) is 21.9. The standard InChI is InChI=1S/C32H30F3N5O5S/c33-32(34,35)45-25-15-17-26(18-16-25)46(36,44)37-27-19-38(23-11-13-24(14-12-23)40(42)43)20-30(31(27)41)39-28-7-3-1-5-21(28)9-10-22-6-2-4-8-29(22)39/h1-8,11-18,27,30-31,41H,9-10,19-20H2,(H2,36,37,44). The molecule has 0 radical (unpaired) electrons. The van der Waals surface area contributed by atoms with Gasteiger partial charge in [0.2, 0.25) is 0 Å². The third-order valence-corrected chi connectivity index (χ3v) is 9.83. The molecule has 2 aliphatic heterocycles. The molecule has 0 saturated carbocycles. The van der Waals surface area contributed by atoms with Gasteiger partial charge in [-0.15, -0.1) is 13.2 Å². The molecule has 0 amide bonds. The van der Waals surface area contributed by atoms with Crippen LogP contribution in [-0.2, 0) is 22.8 Å². The summed E-state index contributed by atoms with van der Waals surface area (Å²) in [5, 5.41) is 23.3. The van der Waals surface area contributed by atoms with Crippen LogP contribution in [0.2, 0.25) is 0 Å². The van der Waals surface area contributed by atoms with Crippen molar-refractivity contribution in [2.75, 3.05) is 22.9 Å². The monoisotopic (exact) mass is 653 g/mol. The summed E-state index contributed by atoms with van der Waals surface area (Å²) in [6.45, 7) is 0.361. The Bertz CT molecular complexity index is 1790. The van der Waals surface area contributed by atoms with E-state index in [2.05, 4.69) is 14.4 Å². The summed E-state index contributed by atoms with van der Waals surface area (Å²) < 4.78 is 67.2. The molecule has 4 unspecified atom stereocenters. The van der Waals surface area contributed by atoms with Gasteiger partial charge in [0.15, 0.2) is 0 Å². The average Bonchev–Trinajstić information content (AvgIpc) is 3.18. The maximum absolute atomic E-state index is 13.8. The highest BCUT2D eigenvalue weighted by atomic mass is 32.2. The minimum atomic E-state index is -4.91. The van der Waals surface area contributed by atoms with Crippen molar-refractivity contribution in [3.05, 3.63) is 118 Å². The summed E-state index contributed by atoms with van der Waals surface area (Å²) in [4.78, 5) is 14.7. The predicted octanol–water partition coefficient (Wildman–Crippen LogP) is 5.96. The topological polar surface area (TPSA) is 132 Å². The molecule has 46 heavy (non-hydrogen) atoms. The van der Waals surface area contributed by atoms with Crippen molar-refractivity contribution < 1.29 is 32.1 Å². The summed E-state index contributed by atoms with van der Waals surface area (Å²) in [5.41, 5.74) is 4.48. The number of nitrogens with one attached hydrogen (secondary N) is 2. The van der Waals surface area contributed by atoms with Gasteiger partial charge in [-0.1, -0.05) is 36.4 Å². The fourth-order valence-corrected chi connectivity index (χ4v) is 7.44. The maximum Gasteiger partial charge on any atom is 0.573 e. The fraction of sp³-hybridized carbons (Fsp3) is 0.250. The lowest BCUT2D eigenvalue weighted by Gasteiger charge is -2.48. The first-order valence-electron chi connectivity index (χ1n) is 14.4. The maximum atomic E-state index is 13.8. The van der Waals surface area contributed by atoms with Crippen LogP contribution in [0.1, 0.15) is 11.1 Å². The summed E-state index contributed by atoms with van der Waals surface area (Å²) in [5.74, 6) is -0.521. The van der Waals surface area contributed by atoms with Crippen LogP contribution >= 0.6 is 0 Å². The van der Waals surface area contributed by atoms with Crippen LogP contribution in [-0.4, -0.2) is 51.9 Å². The van der Waals surface area contributed by atoms with Crippen LogP contribution in [0, 0.1) is 14.9 Å². The largest absolute Gasteiger partial charge is 0.573 e. The fourth-order valence-electron chi connectivity index (χ4n) is 6.14. The lowest BCUT2D eigenvalue weighted by Crippen LogP contribution is -2.65. The average molecular weight is 654 g/mol. The number of aryl methyl sites for hydroxylation is 2. The summed E-state index contributed by atoms with van der Waals surface area (Å²) in [6, 6.07) is 24.3. The molecule has 1 saturated heterocycles. The van der Waals surface area contributed by atoms with Gasteiger partial charge < -0.3 is 19.6 Å². The molecular formula is C32H30F3N5O5S. The zero-order valence-corrected chi connectivity index (χ0v) is 25.1. The molecule has 4 aromatic carbocycles. The number of aliphatic hydroxyl groups excluding tert-OH is 1. The number of benzene rings is 4. The SMILES string of the molecule is N=S(=O)(NC1CN(c2ccc([N+](=O)[O-])cc2)CC(N2c3ccccc3CCc3ccccc32)C1O)c1ccc(OC(F)(F)F)cc1. The van der Waals surface area contributed by atoms with E-state index in [4.69, 9.17) is 4.78 Å². The molecule has 0 aromatic heterocycles. The van der Waals surface area contributed by atoms with Crippen LogP contribution in [0.5, 0.6) is 5.75 Å². The third kappa shape index (κ3) is 6.50. The van der Waals surface area contributed by atoms with Crippen LogP contribution in [0.15, 0.2) is 102 Å². The number of hydrogen-bond donors (Lipinski definition) is 3. The number of hydrogen-bond acceptors (Lipinski definition) is 8. The number of aliphatic hydroxyl groups is 1. The molecule has 0 aliphatic carbocycles. The molecule has 4 aromatic rings. The second-order valence-corrected chi connectivity index (χ2v) is 13.0. The highest BCUT2D eigenvalue weighted by Crippen LogP contribution is 2.40. The quantitative estimate of drug-likeness (QED) is 0.166. The van der Waals surface area contributed by atoms with Crippen molar-refractivity contribution in [2.24, 2.45) is 0 Å². The second kappa shape index (κ2) is 12.3. The van der Waals surface area contributed by atoms with Crippen LogP contribution in [0.3, 0.4) is 0 Å². The molecule has 1 fully saturated rings. The number of nitro benzene ring substituents is 1. The number of para-hydroxylation sites is 2. The minimum absolute atomic E-state index is 0.0811. The van der Waals surface area contributed by atoms with Gasteiger partial charge >= 0.3 is 6.36 Å². The predicted molar refractivity (Wildman–Crippen MR) is 167 cm³/mol. The Morgan fingerprint density at radius 2 is 1.46 bits per heavy atom. The lowest BCUT2D eigenvalue weighted by atomic mass is 9.94. The summed E-state index contributed by atoms with van der Waals surface area (Å²) >= 11 is 0. The molecular weight excluding hydrogens is 623 g/mol. The van der Waals surface area contributed by atoms with E-state index in [1.54, 1.807) is 12.1 Å². The Labute approximate surface area is 263 Å². The Balaban J connectivity index is 1.39. The van der Waals surface area contributed by atoms with E-state index in [0.29, 0.717) is 5.69 Å². The Kier molecular flexibility index (Phi) is 8.35. The number of fused-ring (bicyclic) bond motifs is 2. The van der Waals surface area contributed by atoms with Gasteiger partial charge in [-0.05, 0) is 72.5 Å². The van der Waals surface area contributed by atoms with E-state index < -0.39 is 45.1 Å². The second-order valence-electron chi connectivity index (χ2n) is 11.2. The number of ether oxygens (including phenoxy) is 1.